The van der Waals surface area contributed by atoms with Gasteiger partial charge in [-0.1, -0.05) is 53.5 Å². The van der Waals surface area contributed by atoms with Crippen molar-refractivity contribution in [3.63, 3.8) is 0 Å². The molecule has 2 bridgehead atoms. The Bertz CT molecular complexity index is 1840. The van der Waals surface area contributed by atoms with Gasteiger partial charge < -0.3 is 29.3 Å². The number of methoxy groups -OCH3 is 2. The Balaban J connectivity index is 1.26. The molecule has 3 fully saturated rings. The summed E-state index contributed by atoms with van der Waals surface area (Å²) in [6.07, 6.45) is 2.63. The minimum atomic E-state index is -0.905. The van der Waals surface area contributed by atoms with Gasteiger partial charge in [-0.25, -0.2) is 9.59 Å². The molecule has 0 aliphatic carbocycles. The van der Waals surface area contributed by atoms with Crippen LogP contribution in [0.4, 0.5) is 10.5 Å². The number of rotatable bonds is 11. The summed E-state index contributed by atoms with van der Waals surface area (Å²) >= 11 is 12.8. The number of phenols is 1. The number of pyridine rings is 1. The number of ether oxygens (including phenoxy) is 4. The monoisotopic (exact) mass is 721 g/mol. The molecule has 50 heavy (non-hydrogen) atoms. The molecule has 0 unspecified atom stereocenters. The van der Waals surface area contributed by atoms with Crippen LogP contribution < -0.4 is 19.1 Å². The number of fused-ring (bicyclic) bond motifs is 3. The van der Waals surface area contributed by atoms with Crippen LogP contribution in [0.3, 0.4) is 0 Å². The first-order chi connectivity index (χ1) is 24.1. The molecule has 1 amide bonds. The maximum absolute atomic E-state index is 13.8. The molecule has 3 saturated heterocycles. The van der Waals surface area contributed by atoms with Crippen molar-refractivity contribution in [1.82, 2.24) is 4.90 Å². The molecular weight excluding hydrogens is 685 g/mol. The summed E-state index contributed by atoms with van der Waals surface area (Å²) in [5.41, 5.74) is 2.10. The first kappa shape index (κ1) is 35.1. The topological polar surface area (TPSA) is 125 Å². The van der Waals surface area contributed by atoms with Gasteiger partial charge in [0.05, 0.1) is 32.0 Å². The summed E-state index contributed by atoms with van der Waals surface area (Å²) in [6.45, 7) is 2.71. The van der Waals surface area contributed by atoms with Crippen LogP contribution in [0.5, 0.6) is 17.2 Å². The SMILES string of the molecule is COc1ccc([C@H](Cc2c(Cl)c[n+]([O-])cc2Cl)OC(=O)c2cccc(CN(C(=O)O[C@H]3CN4CCC3CC4)c3ccccc3O)c2)cc1OC. The van der Waals surface area contributed by atoms with Crippen molar-refractivity contribution in [2.24, 2.45) is 5.92 Å². The van der Waals surface area contributed by atoms with E-state index in [9.17, 15) is 19.9 Å². The van der Waals surface area contributed by atoms with E-state index >= 15 is 0 Å². The predicted octanol–water partition coefficient (Wildman–Crippen LogP) is 6.73. The molecule has 11 nitrogen and oxygen atoms in total. The zero-order valence-corrected chi connectivity index (χ0v) is 29.1. The number of aromatic hydroxyl groups is 1. The average molecular weight is 723 g/mol. The van der Waals surface area contributed by atoms with Crippen LogP contribution in [-0.2, 0) is 22.4 Å². The second kappa shape index (κ2) is 15.5. The number of carbonyl (C=O) groups is 2. The van der Waals surface area contributed by atoms with Crippen molar-refractivity contribution in [1.29, 1.82) is 0 Å². The normalized spacial score (nSPS) is 18.6. The number of anilines is 1. The standard InChI is InChI=1S/C37H37Cl2N3O8/c1-47-32-11-10-25(17-34(32)48-2)33(18-27-28(38)20-41(46)21-29(27)39)49-36(44)26-7-5-6-23(16-26)19-42(30-8-3-4-9-31(30)43)37(45)50-35-22-40-14-12-24(35)13-15-40/h3-11,16-17,20-21,24,33,35,43H,12-15,18-19,22H2,1-2H3/t33-,35-/m0/s1. The van der Waals surface area contributed by atoms with E-state index in [4.69, 9.17) is 42.1 Å². The molecular formula is C37H37Cl2N3O8. The van der Waals surface area contributed by atoms with E-state index in [1.165, 1.54) is 37.6 Å². The summed E-state index contributed by atoms with van der Waals surface area (Å²) in [6, 6.07) is 18.4. The maximum Gasteiger partial charge on any atom is 0.415 e. The third-order valence-corrected chi connectivity index (χ3v) is 9.87. The van der Waals surface area contributed by atoms with Crippen LogP contribution in [0.15, 0.2) is 79.1 Å². The fraction of sp³-hybridized carbons (Fsp3) is 0.324. The minimum Gasteiger partial charge on any atom is -0.619 e. The van der Waals surface area contributed by atoms with Gasteiger partial charge in [-0.05, 0) is 79.4 Å². The number of phenolic OH excluding ortho intramolecular Hbond substituents is 1. The van der Waals surface area contributed by atoms with Gasteiger partial charge in [-0.2, -0.15) is 4.73 Å². The Morgan fingerprint density at radius 3 is 2.36 bits per heavy atom. The maximum atomic E-state index is 13.8. The number of esters is 1. The molecule has 262 valence electrons. The highest BCUT2D eigenvalue weighted by atomic mass is 35.5. The van der Waals surface area contributed by atoms with Crippen LogP contribution in [0.25, 0.3) is 0 Å². The molecule has 3 aromatic carbocycles. The highest BCUT2D eigenvalue weighted by molar-refractivity contribution is 6.35. The summed E-state index contributed by atoms with van der Waals surface area (Å²) in [7, 11) is 3.01. The van der Waals surface area contributed by atoms with Gasteiger partial charge in [0.2, 0.25) is 0 Å². The highest BCUT2D eigenvalue weighted by Crippen LogP contribution is 2.36. The van der Waals surface area contributed by atoms with E-state index in [1.54, 1.807) is 60.7 Å². The largest absolute Gasteiger partial charge is 0.619 e. The molecule has 1 aromatic heterocycles. The molecule has 0 spiro atoms. The fourth-order valence-corrected chi connectivity index (χ4v) is 7.14. The number of aromatic nitrogens is 1. The Labute approximate surface area is 300 Å². The van der Waals surface area contributed by atoms with Gasteiger partial charge >= 0.3 is 12.1 Å². The lowest BCUT2D eigenvalue weighted by molar-refractivity contribution is -0.605. The van der Waals surface area contributed by atoms with Crippen molar-refractivity contribution < 1.29 is 38.4 Å². The van der Waals surface area contributed by atoms with E-state index in [-0.39, 0.29) is 46.1 Å². The summed E-state index contributed by atoms with van der Waals surface area (Å²) in [5, 5.41) is 22.9. The Hall–Kier alpha value is -4.71. The van der Waals surface area contributed by atoms with Crippen molar-refractivity contribution in [2.75, 3.05) is 38.8 Å². The molecule has 1 N–H and O–H groups in total. The molecule has 13 heteroatoms. The van der Waals surface area contributed by atoms with Crippen molar-refractivity contribution in [3.8, 4) is 17.2 Å². The summed E-state index contributed by atoms with van der Waals surface area (Å²) in [4.78, 5) is 31.2. The van der Waals surface area contributed by atoms with E-state index in [0.717, 1.165) is 25.9 Å². The molecule has 0 radical (unpaired) electrons. The number of hydrogen-bond acceptors (Lipinski definition) is 9. The summed E-state index contributed by atoms with van der Waals surface area (Å²) in [5.74, 6) is 0.474. The first-order valence-corrected chi connectivity index (χ1v) is 17.0. The van der Waals surface area contributed by atoms with Crippen molar-refractivity contribution in [2.45, 2.75) is 38.0 Å². The molecule has 2 atom stereocenters. The zero-order chi connectivity index (χ0) is 35.4. The lowest BCUT2D eigenvalue weighted by Crippen LogP contribution is -2.53. The van der Waals surface area contributed by atoms with Gasteiger partial charge in [0.15, 0.2) is 23.9 Å². The smallest absolute Gasteiger partial charge is 0.415 e. The second-order valence-electron chi connectivity index (χ2n) is 12.3. The molecule has 0 saturated carbocycles. The first-order valence-electron chi connectivity index (χ1n) is 16.2. The number of benzene rings is 3. The highest BCUT2D eigenvalue weighted by Gasteiger charge is 2.38. The van der Waals surface area contributed by atoms with Crippen LogP contribution in [0, 0.1) is 11.1 Å². The zero-order valence-electron chi connectivity index (χ0n) is 27.6. The third-order valence-electron chi connectivity index (χ3n) is 9.22. The third kappa shape index (κ3) is 7.85. The number of halogens is 2. The second-order valence-corrected chi connectivity index (χ2v) is 13.2. The van der Waals surface area contributed by atoms with Crippen molar-refractivity contribution in [3.05, 3.63) is 117 Å². The molecule has 4 aromatic rings. The minimum absolute atomic E-state index is 0.0160. The number of hydrogen-bond donors (Lipinski definition) is 1. The van der Waals surface area contributed by atoms with E-state index in [2.05, 4.69) is 4.90 Å². The fourth-order valence-electron chi connectivity index (χ4n) is 6.55. The molecule has 4 heterocycles. The molecule has 3 aliphatic rings. The lowest BCUT2D eigenvalue weighted by Gasteiger charge is -2.44. The van der Waals surface area contributed by atoms with Gasteiger partial charge in [0.25, 0.3) is 0 Å². The Morgan fingerprint density at radius 2 is 1.70 bits per heavy atom. The van der Waals surface area contributed by atoms with Crippen LogP contribution in [-0.4, -0.2) is 62.0 Å². The van der Waals surface area contributed by atoms with Crippen LogP contribution in [0.1, 0.15) is 46.0 Å². The van der Waals surface area contributed by atoms with Crippen LogP contribution >= 0.6 is 23.2 Å². The number of nitrogens with zero attached hydrogens (tertiary/aromatic N) is 3. The van der Waals surface area contributed by atoms with Crippen molar-refractivity contribution >= 4 is 41.0 Å². The van der Waals surface area contributed by atoms with Gasteiger partial charge in [-0.15, -0.1) is 0 Å². The van der Waals surface area contributed by atoms with E-state index in [1.807, 2.05) is 0 Å². The Kier molecular flexibility index (Phi) is 10.9. The van der Waals surface area contributed by atoms with Gasteiger partial charge in [-0.3, -0.25) is 9.80 Å². The van der Waals surface area contributed by atoms with E-state index in [0.29, 0.717) is 45.4 Å². The van der Waals surface area contributed by atoms with Gasteiger partial charge in [0.1, 0.15) is 28.0 Å². The number of para-hydroxylation sites is 2. The average Bonchev–Trinajstić information content (AvgIpc) is 3.12. The van der Waals surface area contributed by atoms with Crippen LogP contribution in [0.2, 0.25) is 10.0 Å². The number of piperidine rings is 3. The lowest BCUT2D eigenvalue weighted by atomic mass is 9.86. The molecule has 3 aliphatic heterocycles. The predicted molar refractivity (Wildman–Crippen MR) is 187 cm³/mol. The Morgan fingerprint density at radius 1 is 0.980 bits per heavy atom. The van der Waals surface area contributed by atoms with E-state index < -0.39 is 18.2 Å². The molecule has 7 rings (SSSR count). The van der Waals surface area contributed by atoms with Gasteiger partial charge in [0, 0.05) is 18.5 Å². The summed E-state index contributed by atoms with van der Waals surface area (Å²) < 4.78 is 23.5. The number of carbonyl (C=O) groups excluding carboxylic acids is 2. The quantitative estimate of drug-likeness (QED) is 0.102. The number of amides is 1.